The fourth-order valence-corrected chi connectivity index (χ4v) is 2.75. The number of benzene rings is 1. The highest BCUT2D eigenvalue weighted by molar-refractivity contribution is 6.35. The Hall–Kier alpha value is -1.72. The van der Waals surface area contributed by atoms with E-state index in [0.717, 1.165) is 17.0 Å². The average molecular weight is 340 g/mol. The van der Waals surface area contributed by atoms with Crippen LogP contribution in [-0.2, 0) is 13.6 Å². The molecule has 0 aliphatic heterocycles. The first-order valence-corrected chi connectivity index (χ1v) is 7.63. The smallest absolute Gasteiger partial charge is 0.189 e. The van der Waals surface area contributed by atoms with Crippen molar-refractivity contribution >= 4 is 29.2 Å². The summed E-state index contributed by atoms with van der Waals surface area (Å²) in [7, 11) is 1.89. The molecule has 1 aromatic heterocycles. The molecule has 3 N–H and O–H groups in total. The van der Waals surface area contributed by atoms with E-state index in [2.05, 4.69) is 15.4 Å². The monoisotopic (exact) mass is 339 g/mol. The molecule has 1 heterocycles. The van der Waals surface area contributed by atoms with Gasteiger partial charge in [-0.1, -0.05) is 29.3 Å². The van der Waals surface area contributed by atoms with Crippen molar-refractivity contribution < 1.29 is 0 Å². The predicted molar refractivity (Wildman–Crippen MR) is 91.3 cm³/mol. The van der Waals surface area contributed by atoms with Crippen LogP contribution < -0.4 is 11.1 Å². The summed E-state index contributed by atoms with van der Waals surface area (Å²) in [5, 5.41) is 8.60. The third-order valence-electron chi connectivity index (χ3n) is 3.30. The molecule has 2 aromatic rings. The Balaban J connectivity index is 2.02. The molecule has 0 aliphatic rings. The number of nitrogens with one attached hydrogen (secondary N) is 1. The van der Waals surface area contributed by atoms with Gasteiger partial charge in [-0.05, 0) is 37.6 Å². The zero-order valence-corrected chi connectivity index (χ0v) is 14.3. The average Bonchev–Trinajstić information content (AvgIpc) is 2.74. The van der Waals surface area contributed by atoms with Gasteiger partial charge in [-0.2, -0.15) is 5.10 Å². The molecule has 1 aromatic carbocycles. The van der Waals surface area contributed by atoms with E-state index < -0.39 is 0 Å². The Labute approximate surface area is 140 Å². The molecular weight excluding hydrogens is 321 g/mol. The summed E-state index contributed by atoms with van der Waals surface area (Å²) in [5.41, 5.74) is 8.81. The topological polar surface area (TPSA) is 68.2 Å². The first-order chi connectivity index (χ1) is 10.4. The minimum atomic E-state index is -0.0678. The van der Waals surface area contributed by atoms with Crippen LogP contribution in [0.15, 0.2) is 29.3 Å². The highest BCUT2D eigenvalue weighted by atomic mass is 35.5. The van der Waals surface area contributed by atoms with Crippen molar-refractivity contribution in [1.82, 2.24) is 15.1 Å². The summed E-state index contributed by atoms with van der Waals surface area (Å²) in [4.78, 5) is 4.33. The standard InChI is InChI=1S/C15H19Cl2N5/c1-9-6-12(22(3)21-9)8-19-15(18)20-10(2)13-5-4-11(16)7-14(13)17/h4-7,10H,8H2,1-3H3,(H3,18,19,20). The van der Waals surface area contributed by atoms with Crippen molar-refractivity contribution in [2.45, 2.75) is 26.4 Å². The summed E-state index contributed by atoms with van der Waals surface area (Å²) < 4.78 is 1.80. The van der Waals surface area contributed by atoms with E-state index in [1.165, 1.54) is 0 Å². The summed E-state index contributed by atoms with van der Waals surface area (Å²) >= 11 is 12.1. The Morgan fingerprint density at radius 1 is 1.41 bits per heavy atom. The molecule has 0 saturated heterocycles. The molecule has 0 radical (unpaired) electrons. The molecule has 7 heteroatoms. The third kappa shape index (κ3) is 4.15. The predicted octanol–water partition coefficient (Wildman–Crippen LogP) is 3.20. The molecule has 5 nitrogen and oxygen atoms in total. The van der Waals surface area contributed by atoms with Gasteiger partial charge in [0.2, 0.25) is 0 Å². The van der Waals surface area contributed by atoms with Crippen LogP contribution in [0.1, 0.15) is 29.9 Å². The van der Waals surface area contributed by atoms with Gasteiger partial charge < -0.3 is 11.1 Å². The van der Waals surface area contributed by atoms with Crippen LogP contribution in [-0.4, -0.2) is 15.7 Å². The Bertz CT molecular complexity index is 693. The number of aryl methyl sites for hydroxylation is 2. The molecule has 2 rings (SSSR count). The van der Waals surface area contributed by atoms with Crippen molar-refractivity contribution in [2.24, 2.45) is 17.8 Å². The van der Waals surface area contributed by atoms with Crippen molar-refractivity contribution in [3.63, 3.8) is 0 Å². The van der Waals surface area contributed by atoms with Crippen LogP contribution >= 0.6 is 23.2 Å². The number of hydrogen-bond donors (Lipinski definition) is 2. The fourth-order valence-electron chi connectivity index (χ4n) is 2.18. The largest absolute Gasteiger partial charge is 0.370 e. The Morgan fingerprint density at radius 2 is 2.14 bits per heavy atom. The second-order valence-corrected chi connectivity index (χ2v) is 5.98. The number of nitrogens with two attached hydrogens (primary N) is 1. The minimum Gasteiger partial charge on any atom is -0.370 e. The summed E-state index contributed by atoms with van der Waals surface area (Å²) in [6.07, 6.45) is 0. The van der Waals surface area contributed by atoms with Crippen LogP contribution in [0.4, 0.5) is 0 Å². The van der Waals surface area contributed by atoms with E-state index in [1.807, 2.05) is 33.0 Å². The lowest BCUT2D eigenvalue weighted by Gasteiger charge is -2.16. The first kappa shape index (κ1) is 16.6. The molecule has 22 heavy (non-hydrogen) atoms. The van der Waals surface area contributed by atoms with Gasteiger partial charge in [0.05, 0.1) is 24.0 Å². The molecular formula is C15H19Cl2N5. The number of aromatic nitrogens is 2. The number of rotatable bonds is 4. The molecule has 0 spiro atoms. The van der Waals surface area contributed by atoms with Crippen molar-refractivity contribution in [2.75, 3.05) is 0 Å². The van der Waals surface area contributed by atoms with E-state index in [4.69, 9.17) is 28.9 Å². The van der Waals surface area contributed by atoms with E-state index in [9.17, 15) is 0 Å². The second-order valence-electron chi connectivity index (χ2n) is 5.13. The van der Waals surface area contributed by atoms with Gasteiger partial charge >= 0.3 is 0 Å². The van der Waals surface area contributed by atoms with Crippen LogP contribution in [0.3, 0.4) is 0 Å². The minimum absolute atomic E-state index is 0.0678. The van der Waals surface area contributed by atoms with Crippen molar-refractivity contribution in [3.8, 4) is 0 Å². The molecule has 0 fully saturated rings. The second kappa shape index (κ2) is 7.03. The number of hydrogen-bond acceptors (Lipinski definition) is 2. The molecule has 0 amide bonds. The number of aliphatic imine (C=N–C) groups is 1. The maximum absolute atomic E-state index is 6.19. The molecule has 0 bridgehead atoms. The van der Waals surface area contributed by atoms with Crippen molar-refractivity contribution in [1.29, 1.82) is 0 Å². The summed E-state index contributed by atoms with van der Waals surface area (Å²) in [6.45, 7) is 4.38. The molecule has 0 saturated carbocycles. The third-order valence-corrected chi connectivity index (χ3v) is 3.87. The van der Waals surface area contributed by atoms with Crippen LogP contribution in [0.25, 0.3) is 0 Å². The van der Waals surface area contributed by atoms with Crippen LogP contribution in [0.2, 0.25) is 10.0 Å². The van der Waals surface area contributed by atoms with Gasteiger partial charge in [0.15, 0.2) is 5.96 Å². The highest BCUT2D eigenvalue weighted by Gasteiger charge is 2.10. The zero-order chi connectivity index (χ0) is 16.3. The first-order valence-electron chi connectivity index (χ1n) is 6.87. The SMILES string of the molecule is Cc1cc(CN=C(N)NC(C)c2ccc(Cl)cc2Cl)n(C)n1. The molecule has 118 valence electrons. The lowest BCUT2D eigenvalue weighted by molar-refractivity contribution is 0.690. The Kier molecular flexibility index (Phi) is 5.32. The van der Waals surface area contributed by atoms with Gasteiger partial charge in [-0.3, -0.25) is 4.68 Å². The molecule has 1 unspecified atom stereocenters. The van der Waals surface area contributed by atoms with Crippen LogP contribution in [0, 0.1) is 6.92 Å². The zero-order valence-electron chi connectivity index (χ0n) is 12.8. The maximum Gasteiger partial charge on any atom is 0.189 e. The molecule has 1 atom stereocenters. The van der Waals surface area contributed by atoms with Crippen LogP contribution in [0.5, 0.6) is 0 Å². The van der Waals surface area contributed by atoms with Gasteiger partial charge in [-0.15, -0.1) is 0 Å². The lowest BCUT2D eigenvalue weighted by Crippen LogP contribution is -2.34. The van der Waals surface area contributed by atoms with E-state index in [0.29, 0.717) is 22.5 Å². The van der Waals surface area contributed by atoms with Gasteiger partial charge in [0, 0.05) is 17.1 Å². The maximum atomic E-state index is 6.19. The number of nitrogens with zero attached hydrogens (tertiary/aromatic N) is 3. The fraction of sp³-hybridized carbons (Fsp3) is 0.333. The van der Waals surface area contributed by atoms with Crippen molar-refractivity contribution in [3.05, 3.63) is 51.3 Å². The number of halogens is 2. The Morgan fingerprint density at radius 3 is 2.73 bits per heavy atom. The summed E-state index contributed by atoms with van der Waals surface area (Å²) in [5.74, 6) is 0.359. The molecule has 0 aliphatic carbocycles. The van der Waals surface area contributed by atoms with Gasteiger partial charge in [0.1, 0.15) is 0 Å². The van der Waals surface area contributed by atoms with Gasteiger partial charge in [0.25, 0.3) is 0 Å². The number of guanidine groups is 1. The van der Waals surface area contributed by atoms with E-state index in [1.54, 1.807) is 16.8 Å². The van der Waals surface area contributed by atoms with E-state index >= 15 is 0 Å². The van der Waals surface area contributed by atoms with E-state index in [-0.39, 0.29) is 6.04 Å². The normalized spacial score (nSPS) is 13.2. The lowest BCUT2D eigenvalue weighted by atomic mass is 10.1. The quantitative estimate of drug-likeness (QED) is 0.663. The highest BCUT2D eigenvalue weighted by Crippen LogP contribution is 2.25. The summed E-state index contributed by atoms with van der Waals surface area (Å²) in [6, 6.07) is 7.30. The van der Waals surface area contributed by atoms with Gasteiger partial charge in [-0.25, -0.2) is 4.99 Å².